The maximum atomic E-state index is 11.2. The average molecular weight is 230 g/mol. The standard InChI is InChI=1S/C10H12ClNOS/c1-7(14)10(13)12-6-8-3-2-4-9(11)5-8/h2-5,7,14H,6H2,1H3,(H,12,13). The van der Waals surface area contributed by atoms with Gasteiger partial charge in [-0.2, -0.15) is 12.6 Å². The van der Waals surface area contributed by atoms with Crippen LogP contribution in [0, 0.1) is 0 Å². The molecule has 0 saturated heterocycles. The van der Waals surface area contributed by atoms with Gasteiger partial charge in [-0.25, -0.2) is 0 Å². The highest BCUT2D eigenvalue weighted by Crippen LogP contribution is 2.10. The van der Waals surface area contributed by atoms with Crippen LogP contribution >= 0.6 is 24.2 Å². The topological polar surface area (TPSA) is 29.1 Å². The normalized spacial score (nSPS) is 12.2. The van der Waals surface area contributed by atoms with Crippen LogP contribution in [0.25, 0.3) is 0 Å². The predicted molar refractivity (Wildman–Crippen MR) is 61.7 cm³/mol. The van der Waals surface area contributed by atoms with Crippen molar-refractivity contribution in [2.24, 2.45) is 0 Å². The number of benzene rings is 1. The number of hydrogen-bond acceptors (Lipinski definition) is 2. The summed E-state index contributed by atoms with van der Waals surface area (Å²) in [7, 11) is 0. The second-order valence-electron chi connectivity index (χ2n) is 3.02. The second-order valence-corrected chi connectivity index (χ2v) is 4.23. The molecule has 1 amide bonds. The molecule has 0 aromatic heterocycles. The molecular formula is C10H12ClNOS. The maximum Gasteiger partial charge on any atom is 0.232 e. The van der Waals surface area contributed by atoms with E-state index in [2.05, 4.69) is 17.9 Å². The number of carbonyl (C=O) groups excluding carboxylic acids is 1. The molecule has 0 bridgehead atoms. The maximum absolute atomic E-state index is 11.2. The summed E-state index contributed by atoms with van der Waals surface area (Å²) in [6, 6.07) is 7.39. The largest absolute Gasteiger partial charge is 0.351 e. The van der Waals surface area contributed by atoms with Crippen molar-refractivity contribution in [3.63, 3.8) is 0 Å². The molecule has 1 aromatic carbocycles. The van der Waals surface area contributed by atoms with E-state index in [0.29, 0.717) is 11.6 Å². The average Bonchev–Trinajstić information content (AvgIpc) is 2.14. The van der Waals surface area contributed by atoms with E-state index < -0.39 is 0 Å². The van der Waals surface area contributed by atoms with Crippen molar-refractivity contribution in [3.8, 4) is 0 Å². The van der Waals surface area contributed by atoms with Crippen LogP contribution in [-0.4, -0.2) is 11.2 Å². The number of hydrogen-bond donors (Lipinski definition) is 2. The van der Waals surface area contributed by atoms with Crippen molar-refractivity contribution >= 4 is 30.1 Å². The van der Waals surface area contributed by atoms with E-state index in [0.717, 1.165) is 5.56 Å². The van der Waals surface area contributed by atoms with Gasteiger partial charge in [-0.05, 0) is 24.6 Å². The molecule has 0 aliphatic heterocycles. The summed E-state index contributed by atoms with van der Waals surface area (Å²) >= 11 is 9.82. The molecule has 2 nitrogen and oxygen atoms in total. The molecule has 0 aliphatic rings. The first-order chi connectivity index (χ1) is 6.59. The number of carbonyl (C=O) groups is 1. The number of thiol groups is 1. The summed E-state index contributed by atoms with van der Waals surface area (Å²) in [4.78, 5) is 11.2. The van der Waals surface area contributed by atoms with Crippen molar-refractivity contribution < 1.29 is 4.79 Å². The molecule has 0 aliphatic carbocycles. The van der Waals surface area contributed by atoms with Crippen LogP contribution in [-0.2, 0) is 11.3 Å². The lowest BCUT2D eigenvalue weighted by Gasteiger charge is -2.07. The first-order valence-corrected chi connectivity index (χ1v) is 5.19. The molecule has 1 rings (SSSR count). The van der Waals surface area contributed by atoms with Crippen molar-refractivity contribution in [2.75, 3.05) is 0 Å². The first-order valence-electron chi connectivity index (χ1n) is 4.30. The van der Waals surface area contributed by atoms with E-state index in [-0.39, 0.29) is 11.2 Å². The Morgan fingerprint density at radius 2 is 2.36 bits per heavy atom. The van der Waals surface area contributed by atoms with Crippen molar-refractivity contribution in [1.29, 1.82) is 0 Å². The summed E-state index contributed by atoms with van der Waals surface area (Å²) in [5.74, 6) is -0.0756. The molecule has 1 unspecified atom stereocenters. The molecule has 4 heteroatoms. The SMILES string of the molecule is CC(S)C(=O)NCc1cccc(Cl)c1. The van der Waals surface area contributed by atoms with Gasteiger partial charge in [-0.1, -0.05) is 23.7 Å². The summed E-state index contributed by atoms with van der Waals surface area (Å²) in [6.45, 7) is 2.22. The van der Waals surface area contributed by atoms with E-state index in [4.69, 9.17) is 11.6 Å². The fourth-order valence-corrected chi connectivity index (χ4v) is 1.29. The molecule has 1 aromatic rings. The summed E-state index contributed by atoms with van der Waals surface area (Å²) in [5, 5.41) is 3.15. The van der Waals surface area contributed by atoms with Gasteiger partial charge in [-0.3, -0.25) is 4.79 Å². The Morgan fingerprint density at radius 3 is 2.93 bits per heavy atom. The van der Waals surface area contributed by atoms with Gasteiger partial charge in [0.05, 0.1) is 5.25 Å². The minimum atomic E-state index is -0.283. The summed E-state index contributed by atoms with van der Waals surface area (Å²) in [6.07, 6.45) is 0. The molecule has 0 spiro atoms. The highest BCUT2D eigenvalue weighted by Gasteiger charge is 2.06. The smallest absolute Gasteiger partial charge is 0.232 e. The predicted octanol–water partition coefficient (Wildman–Crippen LogP) is 2.27. The van der Waals surface area contributed by atoms with E-state index in [1.165, 1.54) is 0 Å². The fourth-order valence-electron chi connectivity index (χ4n) is 0.984. The molecular weight excluding hydrogens is 218 g/mol. The van der Waals surface area contributed by atoms with Crippen LogP contribution < -0.4 is 5.32 Å². The lowest BCUT2D eigenvalue weighted by molar-refractivity contribution is -0.120. The highest BCUT2D eigenvalue weighted by molar-refractivity contribution is 7.81. The van der Waals surface area contributed by atoms with E-state index in [1.54, 1.807) is 13.0 Å². The molecule has 0 fully saturated rings. The van der Waals surface area contributed by atoms with Gasteiger partial charge in [0.2, 0.25) is 5.91 Å². The van der Waals surface area contributed by atoms with Crippen molar-refractivity contribution in [3.05, 3.63) is 34.9 Å². The lowest BCUT2D eigenvalue weighted by atomic mass is 10.2. The number of amides is 1. The Labute approximate surface area is 94.1 Å². The Balaban J connectivity index is 2.50. The molecule has 1 N–H and O–H groups in total. The summed E-state index contributed by atoms with van der Waals surface area (Å²) < 4.78 is 0. The van der Waals surface area contributed by atoms with E-state index >= 15 is 0 Å². The van der Waals surface area contributed by atoms with Crippen molar-refractivity contribution in [1.82, 2.24) is 5.32 Å². The monoisotopic (exact) mass is 229 g/mol. The van der Waals surface area contributed by atoms with Gasteiger partial charge in [0.1, 0.15) is 0 Å². The van der Waals surface area contributed by atoms with Gasteiger partial charge >= 0.3 is 0 Å². The number of rotatable bonds is 3. The minimum absolute atomic E-state index is 0.0756. The molecule has 76 valence electrons. The molecule has 1 atom stereocenters. The Kier molecular flexibility index (Phi) is 4.29. The zero-order chi connectivity index (χ0) is 10.6. The van der Waals surface area contributed by atoms with Gasteiger partial charge in [0.15, 0.2) is 0 Å². The molecule has 0 heterocycles. The number of halogens is 1. The molecule has 0 saturated carbocycles. The van der Waals surface area contributed by atoms with Crippen LogP contribution in [0.5, 0.6) is 0 Å². The van der Waals surface area contributed by atoms with Crippen molar-refractivity contribution in [2.45, 2.75) is 18.7 Å². The zero-order valence-electron chi connectivity index (χ0n) is 7.83. The van der Waals surface area contributed by atoms with Gasteiger partial charge < -0.3 is 5.32 Å². The first kappa shape index (κ1) is 11.4. The third-order valence-corrected chi connectivity index (χ3v) is 2.20. The van der Waals surface area contributed by atoms with Gasteiger partial charge in [-0.15, -0.1) is 0 Å². The Hall–Kier alpha value is -0.670. The van der Waals surface area contributed by atoms with Crippen LogP contribution in [0.2, 0.25) is 5.02 Å². The Morgan fingerprint density at radius 1 is 1.64 bits per heavy atom. The fraction of sp³-hybridized carbons (Fsp3) is 0.300. The van der Waals surface area contributed by atoms with Gasteiger partial charge in [0.25, 0.3) is 0 Å². The van der Waals surface area contributed by atoms with Crippen LogP contribution in [0.1, 0.15) is 12.5 Å². The lowest BCUT2D eigenvalue weighted by Crippen LogP contribution is -2.29. The van der Waals surface area contributed by atoms with E-state index in [9.17, 15) is 4.79 Å². The number of nitrogens with one attached hydrogen (secondary N) is 1. The Bertz CT molecular complexity index is 328. The van der Waals surface area contributed by atoms with Crippen LogP contribution in [0.15, 0.2) is 24.3 Å². The third-order valence-electron chi connectivity index (χ3n) is 1.74. The zero-order valence-corrected chi connectivity index (χ0v) is 9.48. The molecule has 0 radical (unpaired) electrons. The minimum Gasteiger partial charge on any atom is -0.351 e. The summed E-state index contributed by atoms with van der Waals surface area (Å²) in [5.41, 5.74) is 0.986. The van der Waals surface area contributed by atoms with Gasteiger partial charge in [0, 0.05) is 11.6 Å². The van der Waals surface area contributed by atoms with Crippen LogP contribution in [0.3, 0.4) is 0 Å². The second kappa shape index (κ2) is 5.27. The quantitative estimate of drug-likeness (QED) is 0.766. The third kappa shape index (κ3) is 3.60. The molecule has 14 heavy (non-hydrogen) atoms. The highest BCUT2D eigenvalue weighted by atomic mass is 35.5. The van der Waals surface area contributed by atoms with Crippen LogP contribution in [0.4, 0.5) is 0 Å². The van der Waals surface area contributed by atoms with E-state index in [1.807, 2.05) is 18.2 Å².